The molecule has 0 fully saturated rings. The van der Waals surface area contributed by atoms with Crippen LogP contribution in [0.2, 0.25) is 0 Å². The monoisotopic (exact) mass is 218 g/mol. The predicted octanol–water partition coefficient (Wildman–Crippen LogP) is 1.18. The van der Waals surface area contributed by atoms with Gasteiger partial charge in [0.25, 0.3) is 0 Å². The summed E-state index contributed by atoms with van der Waals surface area (Å²) in [4.78, 5) is 13.5. The molecule has 3 nitrogen and oxygen atoms in total. The van der Waals surface area contributed by atoms with E-state index in [1.165, 1.54) is 11.1 Å². The van der Waals surface area contributed by atoms with Gasteiger partial charge in [0, 0.05) is 33.1 Å². The lowest BCUT2D eigenvalue weighted by molar-refractivity contribution is -0.121. The first-order valence-corrected chi connectivity index (χ1v) is 5.79. The van der Waals surface area contributed by atoms with Gasteiger partial charge in [-0.05, 0) is 17.5 Å². The average Bonchev–Trinajstić information content (AvgIpc) is 2.35. The molecule has 0 saturated carbocycles. The maximum Gasteiger partial charge on any atom is 0.221 e. The van der Waals surface area contributed by atoms with Gasteiger partial charge in [-0.1, -0.05) is 24.3 Å². The lowest BCUT2D eigenvalue weighted by Gasteiger charge is -2.28. The molecule has 1 heterocycles. The van der Waals surface area contributed by atoms with Crippen LogP contribution in [0.15, 0.2) is 24.3 Å². The fourth-order valence-electron chi connectivity index (χ4n) is 2.13. The molecule has 2 rings (SSSR count). The highest BCUT2D eigenvalue weighted by atomic mass is 16.1. The number of nitrogens with zero attached hydrogens (tertiary/aromatic N) is 1. The summed E-state index contributed by atoms with van der Waals surface area (Å²) >= 11 is 0. The van der Waals surface area contributed by atoms with Crippen LogP contribution in [-0.2, 0) is 17.8 Å². The van der Waals surface area contributed by atoms with Gasteiger partial charge in [0.05, 0.1) is 0 Å². The summed E-state index contributed by atoms with van der Waals surface area (Å²) in [5, 5.41) is 2.66. The van der Waals surface area contributed by atoms with Crippen molar-refractivity contribution in [3.63, 3.8) is 0 Å². The Balaban J connectivity index is 1.90. The standard InChI is InChI=1S/C13H18N2O/c1-14-13(16)7-9-15-8-6-11-4-2-3-5-12(11)10-15/h2-5H,6-10H2,1H3,(H,14,16). The molecule has 0 unspecified atom stereocenters. The Morgan fingerprint density at radius 3 is 2.88 bits per heavy atom. The zero-order valence-corrected chi connectivity index (χ0v) is 9.70. The van der Waals surface area contributed by atoms with Crippen molar-refractivity contribution >= 4 is 5.91 Å². The van der Waals surface area contributed by atoms with E-state index < -0.39 is 0 Å². The minimum Gasteiger partial charge on any atom is -0.359 e. The second-order valence-electron chi connectivity index (χ2n) is 4.22. The van der Waals surface area contributed by atoms with E-state index in [2.05, 4.69) is 34.5 Å². The Labute approximate surface area is 96.5 Å². The van der Waals surface area contributed by atoms with Crippen molar-refractivity contribution in [2.75, 3.05) is 20.1 Å². The molecule has 1 aromatic carbocycles. The SMILES string of the molecule is CNC(=O)CCN1CCc2ccccc2C1. The van der Waals surface area contributed by atoms with Crippen molar-refractivity contribution in [3.05, 3.63) is 35.4 Å². The molecule has 0 bridgehead atoms. The number of carbonyl (C=O) groups excluding carboxylic acids is 1. The Morgan fingerprint density at radius 1 is 1.38 bits per heavy atom. The maximum absolute atomic E-state index is 11.2. The number of hydrogen-bond donors (Lipinski definition) is 1. The number of rotatable bonds is 3. The van der Waals surface area contributed by atoms with E-state index in [0.29, 0.717) is 6.42 Å². The number of hydrogen-bond acceptors (Lipinski definition) is 2. The number of amides is 1. The van der Waals surface area contributed by atoms with Gasteiger partial charge < -0.3 is 5.32 Å². The zero-order chi connectivity index (χ0) is 11.4. The largest absolute Gasteiger partial charge is 0.359 e. The maximum atomic E-state index is 11.2. The number of benzene rings is 1. The third-order valence-electron chi connectivity index (χ3n) is 3.14. The Morgan fingerprint density at radius 2 is 2.12 bits per heavy atom. The summed E-state index contributed by atoms with van der Waals surface area (Å²) in [6, 6.07) is 8.56. The molecule has 1 aliphatic rings. The van der Waals surface area contributed by atoms with E-state index in [9.17, 15) is 4.79 Å². The molecule has 1 aliphatic heterocycles. The molecule has 86 valence electrons. The summed E-state index contributed by atoms with van der Waals surface area (Å²) in [5.74, 6) is 0.124. The highest BCUT2D eigenvalue weighted by Gasteiger charge is 2.15. The van der Waals surface area contributed by atoms with E-state index in [1.54, 1.807) is 7.05 Å². The second kappa shape index (κ2) is 5.12. The van der Waals surface area contributed by atoms with E-state index in [-0.39, 0.29) is 5.91 Å². The molecule has 0 aliphatic carbocycles. The molecule has 0 radical (unpaired) electrons. The summed E-state index contributed by atoms with van der Waals surface area (Å²) in [6.07, 6.45) is 1.70. The van der Waals surface area contributed by atoms with Crippen LogP contribution in [0.25, 0.3) is 0 Å². The van der Waals surface area contributed by atoms with Gasteiger partial charge in [0.15, 0.2) is 0 Å². The Hall–Kier alpha value is -1.35. The number of nitrogens with one attached hydrogen (secondary N) is 1. The highest BCUT2D eigenvalue weighted by Crippen LogP contribution is 2.18. The van der Waals surface area contributed by atoms with E-state index in [0.717, 1.165) is 26.1 Å². The molecule has 0 atom stereocenters. The topological polar surface area (TPSA) is 32.3 Å². The van der Waals surface area contributed by atoms with E-state index >= 15 is 0 Å². The van der Waals surface area contributed by atoms with Crippen LogP contribution >= 0.6 is 0 Å². The minimum absolute atomic E-state index is 0.124. The van der Waals surface area contributed by atoms with Crippen LogP contribution in [0.3, 0.4) is 0 Å². The molecular weight excluding hydrogens is 200 g/mol. The molecule has 3 heteroatoms. The van der Waals surface area contributed by atoms with Crippen molar-refractivity contribution in [1.29, 1.82) is 0 Å². The van der Waals surface area contributed by atoms with Crippen LogP contribution in [0.1, 0.15) is 17.5 Å². The Bertz CT molecular complexity index is 376. The summed E-state index contributed by atoms with van der Waals surface area (Å²) < 4.78 is 0. The van der Waals surface area contributed by atoms with Gasteiger partial charge in [-0.15, -0.1) is 0 Å². The van der Waals surface area contributed by atoms with Crippen molar-refractivity contribution in [3.8, 4) is 0 Å². The van der Waals surface area contributed by atoms with Crippen molar-refractivity contribution in [1.82, 2.24) is 10.2 Å². The average molecular weight is 218 g/mol. The van der Waals surface area contributed by atoms with Crippen molar-refractivity contribution in [2.45, 2.75) is 19.4 Å². The smallest absolute Gasteiger partial charge is 0.221 e. The van der Waals surface area contributed by atoms with Crippen LogP contribution in [0.5, 0.6) is 0 Å². The lowest BCUT2D eigenvalue weighted by atomic mass is 10.00. The molecule has 1 N–H and O–H groups in total. The molecule has 1 aromatic rings. The normalized spacial score (nSPS) is 15.6. The van der Waals surface area contributed by atoms with E-state index in [1.807, 2.05) is 0 Å². The van der Waals surface area contributed by atoms with Gasteiger partial charge in [-0.25, -0.2) is 0 Å². The van der Waals surface area contributed by atoms with Crippen molar-refractivity contribution in [2.24, 2.45) is 0 Å². The van der Waals surface area contributed by atoms with Gasteiger partial charge in [-0.2, -0.15) is 0 Å². The van der Waals surface area contributed by atoms with Crippen LogP contribution < -0.4 is 5.32 Å². The van der Waals surface area contributed by atoms with E-state index in [4.69, 9.17) is 0 Å². The first kappa shape index (κ1) is 11.1. The third kappa shape index (κ3) is 2.61. The molecule has 1 amide bonds. The fourth-order valence-corrected chi connectivity index (χ4v) is 2.13. The Kier molecular flexibility index (Phi) is 3.57. The second-order valence-corrected chi connectivity index (χ2v) is 4.22. The molecule has 0 saturated heterocycles. The molecule has 0 spiro atoms. The quantitative estimate of drug-likeness (QED) is 0.826. The summed E-state index contributed by atoms with van der Waals surface area (Å²) in [6.45, 7) is 2.90. The molecule has 0 aromatic heterocycles. The summed E-state index contributed by atoms with van der Waals surface area (Å²) in [5.41, 5.74) is 2.87. The van der Waals surface area contributed by atoms with Gasteiger partial charge in [0.1, 0.15) is 0 Å². The summed E-state index contributed by atoms with van der Waals surface area (Å²) in [7, 11) is 1.69. The van der Waals surface area contributed by atoms with Crippen LogP contribution in [0.4, 0.5) is 0 Å². The highest BCUT2D eigenvalue weighted by molar-refractivity contribution is 5.75. The predicted molar refractivity (Wildman–Crippen MR) is 64.1 cm³/mol. The van der Waals surface area contributed by atoms with Gasteiger partial charge >= 0.3 is 0 Å². The molecular formula is C13H18N2O. The third-order valence-corrected chi connectivity index (χ3v) is 3.14. The number of carbonyl (C=O) groups is 1. The van der Waals surface area contributed by atoms with Crippen LogP contribution in [-0.4, -0.2) is 30.9 Å². The van der Waals surface area contributed by atoms with Gasteiger partial charge in [-0.3, -0.25) is 9.69 Å². The zero-order valence-electron chi connectivity index (χ0n) is 9.70. The first-order valence-electron chi connectivity index (χ1n) is 5.79. The van der Waals surface area contributed by atoms with Crippen molar-refractivity contribution < 1.29 is 4.79 Å². The number of fused-ring (bicyclic) bond motifs is 1. The lowest BCUT2D eigenvalue weighted by Crippen LogP contribution is -2.33. The molecule has 16 heavy (non-hydrogen) atoms. The minimum atomic E-state index is 0.124. The van der Waals surface area contributed by atoms with Gasteiger partial charge in [0.2, 0.25) is 5.91 Å². The first-order chi connectivity index (χ1) is 7.79. The van der Waals surface area contributed by atoms with Crippen LogP contribution in [0, 0.1) is 0 Å². The fraction of sp³-hybridized carbons (Fsp3) is 0.462.